The van der Waals surface area contributed by atoms with Gasteiger partial charge in [-0.05, 0) is 29.8 Å². The number of fused-ring (bicyclic) bond motifs is 1. The zero-order valence-electron chi connectivity index (χ0n) is 12.5. The second kappa shape index (κ2) is 5.22. The summed E-state index contributed by atoms with van der Waals surface area (Å²) in [7, 11) is 0. The van der Waals surface area contributed by atoms with Crippen LogP contribution >= 0.6 is 0 Å². The second-order valence-electron chi connectivity index (χ2n) is 5.43. The monoisotopic (exact) mass is 296 g/mol. The van der Waals surface area contributed by atoms with Gasteiger partial charge in [0.05, 0.1) is 5.56 Å². The van der Waals surface area contributed by atoms with E-state index in [1.165, 1.54) is 0 Å². The highest BCUT2D eigenvalue weighted by atomic mass is 16.7. The first-order chi connectivity index (χ1) is 10.5. The Morgan fingerprint density at radius 1 is 1.09 bits per heavy atom. The summed E-state index contributed by atoms with van der Waals surface area (Å²) >= 11 is 0. The molecule has 0 bridgehead atoms. The molecule has 0 spiro atoms. The van der Waals surface area contributed by atoms with Gasteiger partial charge in [0.1, 0.15) is 5.75 Å². The van der Waals surface area contributed by atoms with Gasteiger partial charge >= 0.3 is 5.97 Å². The van der Waals surface area contributed by atoms with Crippen LogP contribution in [0.3, 0.4) is 0 Å². The summed E-state index contributed by atoms with van der Waals surface area (Å²) < 4.78 is 16.6. The lowest BCUT2D eigenvalue weighted by Crippen LogP contribution is -2.29. The van der Waals surface area contributed by atoms with Crippen LogP contribution in [0.4, 0.5) is 0 Å². The van der Waals surface area contributed by atoms with Gasteiger partial charge in [0, 0.05) is 19.9 Å². The lowest BCUT2D eigenvalue weighted by molar-refractivity contribution is -0.0431. The van der Waals surface area contributed by atoms with Crippen molar-refractivity contribution in [2.75, 3.05) is 0 Å². The van der Waals surface area contributed by atoms with Gasteiger partial charge in [-0.1, -0.05) is 24.8 Å². The quantitative estimate of drug-likeness (QED) is 0.633. The van der Waals surface area contributed by atoms with E-state index in [-0.39, 0.29) is 0 Å². The van der Waals surface area contributed by atoms with E-state index in [1.807, 2.05) is 26.0 Å². The molecule has 0 saturated heterocycles. The van der Waals surface area contributed by atoms with Crippen LogP contribution in [0.5, 0.6) is 17.2 Å². The molecule has 0 unspecified atom stereocenters. The van der Waals surface area contributed by atoms with E-state index in [2.05, 4.69) is 6.58 Å². The Morgan fingerprint density at radius 3 is 2.45 bits per heavy atom. The van der Waals surface area contributed by atoms with Gasteiger partial charge in [0.15, 0.2) is 11.5 Å². The third kappa shape index (κ3) is 2.81. The Kier molecular flexibility index (Phi) is 3.37. The van der Waals surface area contributed by atoms with Crippen LogP contribution in [0.15, 0.2) is 49.0 Å². The molecule has 0 radical (unpaired) electrons. The van der Waals surface area contributed by atoms with E-state index in [9.17, 15) is 4.79 Å². The smallest absolute Gasteiger partial charge is 0.343 e. The fourth-order valence-electron chi connectivity index (χ4n) is 2.19. The van der Waals surface area contributed by atoms with Crippen LogP contribution in [-0.2, 0) is 0 Å². The molecule has 2 aromatic carbocycles. The minimum absolute atomic E-state index is 0.415. The van der Waals surface area contributed by atoms with Crippen LogP contribution < -0.4 is 14.2 Å². The minimum atomic E-state index is -0.703. The molecular weight excluding hydrogens is 280 g/mol. The lowest BCUT2D eigenvalue weighted by atomic mass is 10.1. The maximum absolute atomic E-state index is 12.1. The highest BCUT2D eigenvalue weighted by molar-refractivity contribution is 5.91. The molecule has 3 rings (SSSR count). The summed E-state index contributed by atoms with van der Waals surface area (Å²) in [5, 5.41) is 0. The van der Waals surface area contributed by atoms with Gasteiger partial charge in [-0.15, -0.1) is 0 Å². The average molecular weight is 296 g/mol. The average Bonchev–Trinajstić information content (AvgIpc) is 2.80. The van der Waals surface area contributed by atoms with Gasteiger partial charge in [-0.25, -0.2) is 4.79 Å². The molecule has 1 heterocycles. The molecule has 0 aromatic heterocycles. The zero-order chi connectivity index (χ0) is 15.7. The molecule has 0 N–H and O–H groups in total. The van der Waals surface area contributed by atoms with E-state index in [0.29, 0.717) is 22.8 Å². The highest BCUT2D eigenvalue weighted by Crippen LogP contribution is 2.41. The van der Waals surface area contributed by atoms with E-state index in [0.717, 1.165) is 5.56 Å². The first kappa shape index (κ1) is 14.2. The minimum Gasteiger partial charge on any atom is -0.449 e. The predicted octanol–water partition coefficient (Wildman–Crippen LogP) is 4.06. The number of esters is 1. The van der Waals surface area contributed by atoms with Crippen molar-refractivity contribution in [3.05, 3.63) is 60.2 Å². The van der Waals surface area contributed by atoms with Crippen molar-refractivity contribution in [3.8, 4) is 17.2 Å². The number of rotatable bonds is 3. The fourth-order valence-corrected chi connectivity index (χ4v) is 2.19. The van der Waals surface area contributed by atoms with E-state index >= 15 is 0 Å². The summed E-state index contributed by atoms with van der Waals surface area (Å²) in [5.41, 5.74) is 1.42. The molecule has 2 aromatic rings. The normalized spacial score (nSPS) is 14.5. The van der Waals surface area contributed by atoms with Crippen molar-refractivity contribution in [1.29, 1.82) is 0 Å². The molecule has 0 saturated carbocycles. The largest absolute Gasteiger partial charge is 0.449 e. The number of hydrogen-bond acceptors (Lipinski definition) is 4. The topological polar surface area (TPSA) is 44.8 Å². The zero-order valence-corrected chi connectivity index (χ0v) is 12.5. The molecular formula is C18H16O4. The summed E-state index contributed by atoms with van der Waals surface area (Å²) in [6, 6.07) is 12.1. The third-order valence-corrected chi connectivity index (χ3v) is 3.22. The van der Waals surface area contributed by atoms with Crippen molar-refractivity contribution in [1.82, 2.24) is 0 Å². The number of carbonyl (C=O) groups excluding carboxylic acids is 1. The number of hydrogen-bond donors (Lipinski definition) is 0. The molecule has 112 valence electrons. The second-order valence-corrected chi connectivity index (χ2v) is 5.43. The summed E-state index contributed by atoms with van der Waals surface area (Å²) in [4.78, 5) is 12.1. The molecule has 1 aliphatic rings. The van der Waals surface area contributed by atoms with Crippen molar-refractivity contribution >= 4 is 12.0 Å². The van der Waals surface area contributed by atoms with Crippen LogP contribution in [0, 0.1) is 0 Å². The van der Waals surface area contributed by atoms with Gasteiger partial charge in [-0.2, -0.15) is 0 Å². The van der Waals surface area contributed by atoms with Gasteiger partial charge in [0.25, 0.3) is 0 Å². The summed E-state index contributed by atoms with van der Waals surface area (Å²) in [6.07, 6.45) is 1.72. The maximum Gasteiger partial charge on any atom is 0.343 e. The molecule has 1 aliphatic heterocycles. The van der Waals surface area contributed by atoms with Crippen molar-refractivity contribution in [2.24, 2.45) is 0 Å². The SMILES string of the molecule is C=Cc1ccc(C(=O)Oc2ccc3c(c2)OC(C)(C)O3)cc1. The summed E-state index contributed by atoms with van der Waals surface area (Å²) in [6.45, 7) is 7.31. The fraction of sp³-hybridized carbons (Fsp3) is 0.167. The van der Waals surface area contributed by atoms with Gasteiger partial charge < -0.3 is 14.2 Å². The van der Waals surface area contributed by atoms with Gasteiger partial charge in [0.2, 0.25) is 5.79 Å². The lowest BCUT2D eigenvalue weighted by Gasteiger charge is -2.16. The molecule has 0 fully saturated rings. The van der Waals surface area contributed by atoms with E-state index < -0.39 is 11.8 Å². The first-order valence-corrected chi connectivity index (χ1v) is 6.94. The maximum atomic E-state index is 12.1. The van der Waals surface area contributed by atoms with Crippen LogP contribution in [0.1, 0.15) is 29.8 Å². The Balaban J connectivity index is 1.76. The van der Waals surface area contributed by atoms with Crippen LogP contribution in [0.25, 0.3) is 6.08 Å². The van der Waals surface area contributed by atoms with Crippen molar-refractivity contribution < 1.29 is 19.0 Å². The first-order valence-electron chi connectivity index (χ1n) is 6.94. The van der Waals surface area contributed by atoms with Crippen molar-refractivity contribution in [2.45, 2.75) is 19.6 Å². The Labute approximate surface area is 128 Å². The molecule has 4 nitrogen and oxygen atoms in total. The number of ether oxygens (including phenoxy) is 3. The Bertz CT molecular complexity index is 729. The molecule has 22 heavy (non-hydrogen) atoms. The number of carbonyl (C=O) groups is 1. The summed E-state index contributed by atoms with van der Waals surface area (Å²) in [5.74, 6) is 0.495. The van der Waals surface area contributed by atoms with Crippen LogP contribution in [0.2, 0.25) is 0 Å². The molecule has 0 aliphatic carbocycles. The Hall–Kier alpha value is -2.75. The van der Waals surface area contributed by atoms with Crippen molar-refractivity contribution in [3.63, 3.8) is 0 Å². The van der Waals surface area contributed by atoms with Gasteiger partial charge in [-0.3, -0.25) is 0 Å². The van der Waals surface area contributed by atoms with E-state index in [1.54, 1.807) is 36.4 Å². The predicted molar refractivity (Wildman–Crippen MR) is 83.3 cm³/mol. The Morgan fingerprint density at radius 2 is 1.77 bits per heavy atom. The molecule has 4 heteroatoms. The molecule has 0 amide bonds. The molecule has 0 atom stereocenters. The van der Waals surface area contributed by atoms with E-state index in [4.69, 9.17) is 14.2 Å². The highest BCUT2D eigenvalue weighted by Gasteiger charge is 2.31. The standard InChI is InChI=1S/C18H16O4/c1-4-12-5-7-13(8-6-12)17(19)20-14-9-10-15-16(11-14)22-18(2,3)21-15/h4-11H,1H2,2-3H3. The third-order valence-electron chi connectivity index (χ3n) is 3.22. The van der Waals surface area contributed by atoms with Crippen LogP contribution in [-0.4, -0.2) is 11.8 Å². The number of benzene rings is 2.